The Hall–Kier alpha value is -2.99. The molecule has 3 heterocycles. The molecule has 0 aliphatic carbocycles. The molecule has 1 fully saturated rings. The molecule has 2 aromatic heterocycles. The number of piperidine rings is 1. The molecular formula is C23H25ClN4O2. The summed E-state index contributed by atoms with van der Waals surface area (Å²) in [6, 6.07) is 11.1. The Morgan fingerprint density at radius 3 is 2.37 bits per heavy atom. The summed E-state index contributed by atoms with van der Waals surface area (Å²) in [6.45, 7) is 5.01. The second-order valence-electron chi connectivity index (χ2n) is 7.48. The summed E-state index contributed by atoms with van der Waals surface area (Å²) in [6.07, 6.45) is 4.85. The topological polar surface area (TPSA) is 75.2 Å². The summed E-state index contributed by atoms with van der Waals surface area (Å²) in [4.78, 5) is 35.7. The summed E-state index contributed by atoms with van der Waals surface area (Å²) in [5.41, 5.74) is 4.17. The van der Waals surface area contributed by atoms with Crippen LogP contribution in [0.2, 0.25) is 0 Å². The van der Waals surface area contributed by atoms with Crippen LogP contribution >= 0.6 is 12.4 Å². The number of fused-ring (bicyclic) bond motifs is 1. The van der Waals surface area contributed by atoms with Crippen LogP contribution in [0.3, 0.4) is 0 Å². The average molecular weight is 425 g/mol. The van der Waals surface area contributed by atoms with Gasteiger partial charge in [0.05, 0.1) is 11.3 Å². The number of hydrogen-bond acceptors (Lipinski definition) is 5. The van der Waals surface area contributed by atoms with Crippen molar-refractivity contribution in [3.05, 3.63) is 59.4 Å². The maximum Gasteiger partial charge on any atom is 0.257 e. The molecule has 6 nitrogen and oxygen atoms in total. The Morgan fingerprint density at radius 2 is 1.70 bits per heavy atom. The molecule has 0 atom stereocenters. The fraction of sp³-hybridized carbons (Fsp3) is 0.304. The van der Waals surface area contributed by atoms with Gasteiger partial charge in [0.15, 0.2) is 11.4 Å². The fourth-order valence-corrected chi connectivity index (χ4v) is 3.67. The number of carbonyl (C=O) groups is 2. The Morgan fingerprint density at radius 1 is 1.00 bits per heavy atom. The predicted octanol–water partition coefficient (Wildman–Crippen LogP) is 4.93. The number of hydrogen-bond donors (Lipinski definition) is 1. The predicted molar refractivity (Wildman–Crippen MR) is 121 cm³/mol. The maximum atomic E-state index is 13.2. The third kappa shape index (κ3) is 4.44. The van der Waals surface area contributed by atoms with Crippen LogP contribution in [0, 0.1) is 6.92 Å². The normalized spacial score (nSPS) is 13.6. The molecule has 0 unspecified atom stereocenters. The molecule has 1 saturated heterocycles. The second kappa shape index (κ2) is 9.22. The fourth-order valence-electron chi connectivity index (χ4n) is 3.67. The molecule has 1 aliphatic heterocycles. The number of likely N-dealkylation sites (tertiary alicyclic amines) is 1. The molecule has 1 N–H and O–H groups in total. The summed E-state index contributed by atoms with van der Waals surface area (Å²) in [5.74, 6) is 0.00841. The van der Waals surface area contributed by atoms with E-state index in [0.29, 0.717) is 22.5 Å². The van der Waals surface area contributed by atoms with Crippen molar-refractivity contribution < 1.29 is 9.59 Å². The van der Waals surface area contributed by atoms with Crippen molar-refractivity contribution in [2.75, 3.05) is 18.4 Å². The number of nitrogens with one attached hydrogen (secondary N) is 1. The molecule has 4 rings (SSSR count). The van der Waals surface area contributed by atoms with Crippen molar-refractivity contribution in [2.45, 2.75) is 33.1 Å². The number of benzene rings is 1. The highest BCUT2D eigenvalue weighted by atomic mass is 35.5. The Labute approximate surface area is 182 Å². The summed E-state index contributed by atoms with van der Waals surface area (Å²) < 4.78 is 0. The maximum absolute atomic E-state index is 13.2. The van der Waals surface area contributed by atoms with Crippen molar-refractivity contribution in [2.24, 2.45) is 0 Å². The quantitative estimate of drug-likeness (QED) is 0.601. The van der Waals surface area contributed by atoms with Crippen LogP contribution in [0.25, 0.3) is 11.0 Å². The van der Waals surface area contributed by atoms with Crippen LogP contribution in [0.5, 0.6) is 0 Å². The molecule has 0 spiro atoms. The molecule has 0 bridgehead atoms. The minimum atomic E-state index is -0.0115. The lowest BCUT2D eigenvalue weighted by Crippen LogP contribution is -2.36. The van der Waals surface area contributed by atoms with E-state index in [2.05, 4.69) is 15.3 Å². The number of aryl methyl sites for hydroxylation is 1. The minimum absolute atomic E-state index is 0. The molecule has 0 radical (unpaired) electrons. The minimum Gasteiger partial charge on any atom is -0.354 e. The van der Waals surface area contributed by atoms with Crippen LogP contribution in [-0.2, 0) is 0 Å². The van der Waals surface area contributed by atoms with Crippen LogP contribution < -0.4 is 5.32 Å². The SMILES string of the molecule is CC(=O)c1ccc(Nc2c(C(=O)N3CCCCC3)cnc3nc(C)ccc23)cc1.Cl. The third-order valence-electron chi connectivity index (χ3n) is 5.30. The van der Waals surface area contributed by atoms with E-state index in [9.17, 15) is 9.59 Å². The van der Waals surface area contributed by atoms with Gasteiger partial charge in [-0.25, -0.2) is 9.97 Å². The van der Waals surface area contributed by atoms with Crippen molar-refractivity contribution in [1.29, 1.82) is 0 Å². The number of anilines is 2. The van der Waals surface area contributed by atoms with E-state index in [4.69, 9.17) is 0 Å². The zero-order valence-electron chi connectivity index (χ0n) is 17.1. The molecule has 0 saturated carbocycles. The van der Waals surface area contributed by atoms with Gasteiger partial charge in [0.2, 0.25) is 0 Å². The van der Waals surface area contributed by atoms with E-state index < -0.39 is 0 Å². The van der Waals surface area contributed by atoms with Gasteiger partial charge in [-0.3, -0.25) is 9.59 Å². The van der Waals surface area contributed by atoms with E-state index in [0.717, 1.165) is 49.1 Å². The number of amides is 1. The number of Topliss-reactive ketones (excluding diaryl/α,β-unsaturated/α-hetero) is 1. The Bertz CT molecular complexity index is 1080. The van der Waals surface area contributed by atoms with Gasteiger partial charge >= 0.3 is 0 Å². The summed E-state index contributed by atoms with van der Waals surface area (Å²) in [7, 11) is 0. The first-order valence-corrected chi connectivity index (χ1v) is 9.96. The van der Waals surface area contributed by atoms with Gasteiger partial charge in [0, 0.05) is 41.6 Å². The zero-order chi connectivity index (χ0) is 20.4. The lowest BCUT2D eigenvalue weighted by atomic mass is 10.1. The lowest BCUT2D eigenvalue weighted by Gasteiger charge is -2.27. The van der Waals surface area contributed by atoms with Crippen LogP contribution in [0.4, 0.5) is 11.4 Å². The zero-order valence-corrected chi connectivity index (χ0v) is 18.0. The number of ketones is 1. The smallest absolute Gasteiger partial charge is 0.257 e. The largest absolute Gasteiger partial charge is 0.354 e. The van der Waals surface area contributed by atoms with Gasteiger partial charge in [-0.2, -0.15) is 0 Å². The Kier molecular flexibility index (Phi) is 6.67. The van der Waals surface area contributed by atoms with Gasteiger partial charge in [0.1, 0.15) is 0 Å². The van der Waals surface area contributed by atoms with Gasteiger partial charge in [-0.15, -0.1) is 12.4 Å². The average Bonchev–Trinajstić information content (AvgIpc) is 2.74. The van der Waals surface area contributed by atoms with Crippen LogP contribution in [-0.4, -0.2) is 39.6 Å². The Balaban J connectivity index is 0.00000256. The number of pyridine rings is 2. The monoisotopic (exact) mass is 424 g/mol. The standard InChI is InChI=1S/C23H24N4O2.ClH/c1-15-6-11-19-21(26-18-9-7-17(8-10-18)16(2)28)20(14-24-22(19)25-15)23(29)27-12-4-3-5-13-27;/h6-11,14H,3-5,12-13H2,1-2H3,(H,24,25,26);1H. The van der Waals surface area contributed by atoms with Crippen LogP contribution in [0.15, 0.2) is 42.6 Å². The number of halogens is 1. The molecule has 1 aromatic carbocycles. The number of carbonyl (C=O) groups excluding carboxylic acids is 2. The van der Waals surface area contributed by atoms with E-state index in [1.165, 1.54) is 0 Å². The van der Waals surface area contributed by atoms with Gasteiger partial charge < -0.3 is 10.2 Å². The molecule has 156 valence electrons. The van der Waals surface area contributed by atoms with E-state index in [1.54, 1.807) is 25.3 Å². The lowest BCUT2D eigenvalue weighted by molar-refractivity contribution is 0.0725. The molecule has 7 heteroatoms. The summed E-state index contributed by atoms with van der Waals surface area (Å²) >= 11 is 0. The number of aromatic nitrogens is 2. The van der Waals surface area contributed by atoms with Crippen molar-refractivity contribution in [1.82, 2.24) is 14.9 Å². The summed E-state index contributed by atoms with van der Waals surface area (Å²) in [5, 5.41) is 4.18. The first-order chi connectivity index (χ1) is 14.0. The van der Waals surface area contributed by atoms with Gasteiger partial charge in [-0.1, -0.05) is 0 Å². The van der Waals surface area contributed by atoms with Crippen LogP contribution in [0.1, 0.15) is 52.6 Å². The highest BCUT2D eigenvalue weighted by Crippen LogP contribution is 2.30. The van der Waals surface area contributed by atoms with Gasteiger partial charge in [-0.05, 0) is 69.5 Å². The second-order valence-corrected chi connectivity index (χ2v) is 7.48. The molecule has 3 aromatic rings. The molecular weight excluding hydrogens is 400 g/mol. The number of nitrogens with zero attached hydrogens (tertiary/aromatic N) is 3. The molecule has 1 amide bonds. The van der Waals surface area contributed by atoms with Crippen molar-refractivity contribution in [3.8, 4) is 0 Å². The molecule has 1 aliphatic rings. The first kappa shape index (κ1) is 21.7. The van der Waals surface area contributed by atoms with E-state index in [1.807, 2.05) is 36.1 Å². The molecule has 30 heavy (non-hydrogen) atoms. The van der Waals surface area contributed by atoms with Gasteiger partial charge in [0.25, 0.3) is 5.91 Å². The van der Waals surface area contributed by atoms with Crippen molar-refractivity contribution >= 4 is 46.5 Å². The highest BCUT2D eigenvalue weighted by molar-refractivity contribution is 6.07. The highest BCUT2D eigenvalue weighted by Gasteiger charge is 2.23. The van der Waals surface area contributed by atoms with E-state index >= 15 is 0 Å². The van der Waals surface area contributed by atoms with E-state index in [-0.39, 0.29) is 24.1 Å². The van der Waals surface area contributed by atoms with Crippen molar-refractivity contribution in [3.63, 3.8) is 0 Å². The number of rotatable bonds is 4. The first-order valence-electron chi connectivity index (χ1n) is 9.96. The third-order valence-corrected chi connectivity index (χ3v) is 5.30.